The van der Waals surface area contributed by atoms with Gasteiger partial charge in [0.25, 0.3) is 0 Å². The number of benzene rings is 2. The van der Waals surface area contributed by atoms with Gasteiger partial charge in [0.05, 0.1) is 17.1 Å². The fourth-order valence-corrected chi connectivity index (χ4v) is 4.18. The monoisotopic (exact) mass is 437 g/mol. The van der Waals surface area contributed by atoms with Crippen molar-refractivity contribution < 1.29 is 4.79 Å². The molecule has 0 bridgehead atoms. The van der Waals surface area contributed by atoms with Gasteiger partial charge in [-0.05, 0) is 11.6 Å². The van der Waals surface area contributed by atoms with Gasteiger partial charge in [0.1, 0.15) is 12.4 Å². The van der Waals surface area contributed by atoms with Gasteiger partial charge >= 0.3 is 0 Å². The molecule has 4 aromatic rings. The SMILES string of the molecule is CC(C)c1ncc2c(n1)CCN(C(=O)Cn1nc(-c3ccccc3)cc1-c1ccccc1)C2. The summed E-state index contributed by atoms with van der Waals surface area (Å²) in [4.78, 5) is 24.4. The van der Waals surface area contributed by atoms with Crippen LogP contribution in [0.3, 0.4) is 0 Å². The highest BCUT2D eigenvalue weighted by atomic mass is 16.2. The molecule has 1 amide bonds. The first-order chi connectivity index (χ1) is 16.1. The molecule has 2 aromatic heterocycles. The van der Waals surface area contributed by atoms with Gasteiger partial charge in [0, 0.05) is 42.8 Å². The van der Waals surface area contributed by atoms with Gasteiger partial charge in [-0.25, -0.2) is 9.97 Å². The summed E-state index contributed by atoms with van der Waals surface area (Å²) in [6, 6.07) is 22.2. The minimum atomic E-state index is 0.0495. The van der Waals surface area contributed by atoms with Crippen molar-refractivity contribution in [1.29, 1.82) is 0 Å². The van der Waals surface area contributed by atoms with Crippen LogP contribution < -0.4 is 0 Å². The predicted octanol–water partition coefficient (Wildman–Crippen LogP) is 4.72. The van der Waals surface area contributed by atoms with Crippen molar-refractivity contribution in [2.24, 2.45) is 0 Å². The summed E-state index contributed by atoms with van der Waals surface area (Å²) in [6.45, 7) is 5.59. The zero-order chi connectivity index (χ0) is 22.8. The third-order valence-electron chi connectivity index (χ3n) is 6.03. The maximum atomic E-state index is 13.3. The number of aromatic nitrogens is 4. The van der Waals surface area contributed by atoms with E-state index in [-0.39, 0.29) is 12.5 Å². The van der Waals surface area contributed by atoms with Crippen LogP contribution in [0.15, 0.2) is 72.9 Å². The minimum absolute atomic E-state index is 0.0495. The molecule has 0 radical (unpaired) electrons. The zero-order valence-corrected chi connectivity index (χ0v) is 19.0. The Bertz CT molecular complexity index is 1260. The van der Waals surface area contributed by atoms with Crippen LogP contribution in [0.2, 0.25) is 0 Å². The quantitative estimate of drug-likeness (QED) is 0.453. The molecule has 5 rings (SSSR count). The average Bonchev–Trinajstić information content (AvgIpc) is 3.28. The Labute approximate surface area is 193 Å². The number of rotatable bonds is 5. The second-order valence-electron chi connectivity index (χ2n) is 8.72. The fraction of sp³-hybridized carbons (Fsp3) is 0.259. The van der Waals surface area contributed by atoms with Crippen molar-refractivity contribution >= 4 is 5.91 Å². The zero-order valence-electron chi connectivity index (χ0n) is 19.0. The van der Waals surface area contributed by atoms with Crippen LogP contribution in [0.4, 0.5) is 0 Å². The minimum Gasteiger partial charge on any atom is -0.336 e. The van der Waals surface area contributed by atoms with Crippen molar-refractivity contribution in [3.63, 3.8) is 0 Å². The Morgan fingerprint density at radius 1 is 1.00 bits per heavy atom. The fourth-order valence-electron chi connectivity index (χ4n) is 4.18. The molecule has 6 nitrogen and oxygen atoms in total. The molecule has 0 spiro atoms. The van der Waals surface area contributed by atoms with E-state index < -0.39 is 0 Å². The van der Waals surface area contributed by atoms with Crippen LogP contribution in [0, 0.1) is 0 Å². The van der Waals surface area contributed by atoms with Gasteiger partial charge in [-0.3, -0.25) is 9.48 Å². The van der Waals surface area contributed by atoms with E-state index >= 15 is 0 Å². The maximum Gasteiger partial charge on any atom is 0.244 e. The normalized spacial score (nSPS) is 13.2. The first-order valence-electron chi connectivity index (χ1n) is 11.4. The van der Waals surface area contributed by atoms with E-state index in [2.05, 4.69) is 24.9 Å². The molecule has 0 saturated carbocycles. The van der Waals surface area contributed by atoms with Crippen LogP contribution in [0.1, 0.15) is 36.8 Å². The predicted molar refractivity (Wildman–Crippen MR) is 128 cm³/mol. The van der Waals surface area contributed by atoms with Crippen LogP contribution in [-0.2, 0) is 24.3 Å². The summed E-state index contributed by atoms with van der Waals surface area (Å²) in [5.74, 6) is 1.21. The highest BCUT2D eigenvalue weighted by Gasteiger charge is 2.24. The van der Waals surface area contributed by atoms with E-state index in [0.29, 0.717) is 19.0 Å². The lowest BCUT2D eigenvalue weighted by Crippen LogP contribution is -2.38. The number of amides is 1. The third-order valence-corrected chi connectivity index (χ3v) is 6.03. The Balaban J connectivity index is 1.40. The van der Waals surface area contributed by atoms with Crippen LogP contribution in [-0.4, -0.2) is 37.1 Å². The Hall–Kier alpha value is -3.80. The lowest BCUT2D eigenvalue weighted by atomic mass is 10.1. The lowest BCUT2D eigenvalue weighted by Gasteiger charge is -2.28. The van der Waals surface area contributed by atoms with E-state index in [1.165, 1.54) is 0 Å². The average molecular weight is 438 g/mol. The van der Waals surface area contributed by atoms with Crippen molar-refractivity contribution in [2.45, 2.75) is 39.3 Å². The van der Waals surface area contributed by atoms with E-state index in [0.717, 1.165) is 46.0 Å². The van der Waals surface area contributed by atoms with E-state index in [1.807, 2.05) is 76.4 Å². The van der Waals surface area contributed by atoms with Gasteiger partial charge < -0.3 is 4.90 Å². The summed E-state index contributed by atoms with van der Waals surface area (Å²) in [5, 5.41) is 4.81. The third kappa shape index (κ3) is 4.42. The molecule has 0 unspecified atom stereocenters. The molecular weight excluding hydrogens is 410 g/mol. The number of carbonyl (C=O) groups excluding carboxylic acids is 1. The molecule has 2 aromatic carbocycles. The molecule has 6 heteroatoms. The topological polar surface area (TPSA) is 63.9 Å². The molecule has 0 atom stereocenters. The first kappa shape index (κ1) is 21.1. The van der Waals surface area contributed by atoms with Crippen LogP contribution in [0.25, 0.3) is 22.5 Å². The molecule has 33 heavy (non-hydrogen) atoms. The van der Waals surface area contributed by atoms with Crippen molar-refractivity contribution in [3.8, 4) is 22.5 Å². The number of hydrogen-bond acceptors (Lipinski definition) is 4. The highest BCUT2D eigenvalue weighted by Crippen LogP contribution is 2.27. The standard InChI is InChI=1S/C27H27N5O/c1-19(2)27-28-16-22-17-31(14-13-23(22)29-27)26(33)18-32-25(21-11-7-4-8-12-21)15-24(30-32)20-9-5-3-6-10-20/h3-12,15-16,19H,13-14,17-18H2,1-2H3. The largest absolute Gasteiger partial charge is 0.336 e. The molecule has 0 aliphatic carbocycles. The Morgan fingerprint density at radius 2 is 1.70 bits per heavy atom. The van der Waals surface area contributed by atoms with E-state index in [9.17, 15) is 4.79 Å². The van der Waals surface area contributed by atoms with Crippen molar-refractivity contribution in [3.05, 3.63) is 90.0 Å². The van der Waals surface area contributed by atoms with Gasteiger partial charge in [-0.1, -0.05) is 74.5 Å². The summed E-state index contributed by atoms with van der Waals surface area (Å²) in [7, 11) is 0. The number of nitrogens with zero attached hydrogens (tertiary/aromatic N) is 5. The summed E-state index contributed by atoms with van der Waals surface area (Å²) in [5.41, 5.74) is 5.97. The number of hydrogen-bond donors (Lipinski definition) is 0. The molecule has 3 heterocycles. The molecular formula is C27H27N5O. The van der Waals surface area contributed by atoms with Gasteiger partial charge in [0.15, 0.2) is 0 Å². The number of fused-ring (bicyclic) bond motifs is 1. The smallest absolute Gasteiger partial charge is 0.244 e. The van der Waals surface area contributed by atoms with Gasteiger partial charge in [-0.15, -0.1) is 0 Å². The molecule has 1 aliphatic heterocycles. The lowest BCUT2D eigenvalue weighted by molar-refractivity contribution is -0.132. The van der Waals surface area contributed by atoms with Crippen molar-refractivity contribution in [1.82, 2.24) is 24.6 Å². The highest BCUT2D eigenvalue weighted by molar-refractivity contribution is 5.78. The van der Waals surface area contributed by atoms with E-state index in [4.69, 9.17) is 10.1 Å². The molecule has 0 saturated heterocycles. The number of carbonyl (C=O) groups is 1. The molecule has 166 valence electrons. The van der Waals surface area contributed by atoms with Crippen LogP contribution >= 0.6 is 0 Å². The first-order valence-corrected chi connectivity index (χ1v) is 11.4. The summed E-state index contributed by atoms with van der Waals surface area (Å²) in [6.07, 6.45) is 2.64. The van der Waals surface area contributed by atoms with E-state index in [1.54, 1.807) is 0 Å². The molecule has 0 N–H and O–H groups in total. The summed E-state index contributed by atoms with van der Waals surface area (Å²) < 4.78 is 1.83. The maximum absolute atomic E-state index is 13.3. The summed E-state index contributed by atoms with van der Waals surface area (Å²) >= 11 is 0. The Morgan fingerprint density at radius 3 is 2.39 bits per heavy atom. The molecule has 0 fully saturated rings. The second kappa shape index (κ2) is 8.98. The second-order valence-corrected chi connectivity index (χ2v) is 8.72. The van der Waals surface area contributed by atoms with Crippen molar-refractivity contribution in [2.75, 3.05) is 6.54 Å². The Kier molecular flexibility index (Phi) is 5.73. The molecule has 1 aliphatic rings. The van der Waals surface area contributed by atoms with Gasteiger partial charge in [0.2, 0.25) is 5.91 Å². The van der Waals surface area contributed by atoms with Crippen LogP contribution in [0.5, 0.6) is 0 Å². The van der Waals surface area contributed by atoms with Gasteiger partial charge in [-0.2, -0.15) is 5.10 Å².